The fourth-order valence-corrected chi connectivity index (χ4v) is 3.89. The number of aromatic nitrogens is 7. The molecule has 0 aliphatic heterocycles. The zero-order chi connectivity index (χ0) is 26.8. The maximum atomic E-state index is 5.05. The number of nitrogens with zero attached hydrogens (tertiary/aromatic N) is 6. The van der Waals surface area contributed by atoms with Crippen LogP contribution in [0.2, 0.25) is 0 Å². The minimum absolute atomic E-state index is 0.393. The molecule has 194 valence electrons. The summed E-state index contributed by atoms with van der Waals surface area (Å²) >= 11 is 1.69. The molecule has 0 aliphatic carbocycles. The molecule has 6 rings (SSSR count). The third-order valence-electron chi connectivity index (χ3n) is 5.43. The first-order valence-corrected chi connectivity index (χ1v) is 13.5. The summed E-state index contributed by atoms with van der Waals surface area (Å²) in [5.74, 6) is 3.50. The number of thiophene rings is 1. The summed E-state index contributed by atoms with van der Waals surface area (Å²) < 4.78 is 6.22. The molecule has 9 heteroatoms. The van der Waals surface area contributed by atoms with Gasteiger partial charge in [0.15, 0.2) is 5.58 Å². The maximum absolute atomic E-state index is 5.05. The average molecular weight is 518 g/mol. The average Bonchev–Trinajstić information content (AvgIpc) is 3.69. The zero-order valence-corrected chi connectivity index (χ0v) is 23.4. The van der Waals surface area contributed by atoms with E-state index in [4.69, 9.17) is 4.42 Å². The van der Waals surface area contributed by atoms with Gasteiger partial charge in [-0.15, -0.1) is 11.3 Å². The van der Waals surface area contributed by atoms with Gasteiger partial charge in [-0.25, -0.2) is 29.9 Å². The van der Waals surface area contributed by atoms with Crippen LogP contribution >= 0.6 is 11.3 Å². The molecule has 0 aliphatic rings. The molecule has 0 aromatic carbocycles. The lowest BCUT2D eigenvalue weighted by molar-refractivity contribution is 0.613. The van der Waals surface area contributed by atoms with Crippen LogP contribution in [-0.4, -0.2) is 34.9 Å². The van der Waals surface area contributed by atoms with Gasteiger partial charge >= 0.3 is 0 Å². The molecule has 6 heterocycles. The Morgan fingerprint density at radius 3 is 2.38 bits per heavy atom. The molecular formula is C28H35N7OS. The Bertz CT molecular complexity index is 1520. The highest BCUT2D eigenvalue weighted by Crippen LogP contribution is 2.21. The summed E-state index contributed by atoms with van der Waals surface area (Å²) in [5, 5.41) is 2.06. The maximum Gasteiger partial charge on any atom is 0.170 e. The van der Waals surface area contributed by atoms with Gasteiger partial charge in [0.25, 0.3) is 0 Å². The normalized spacial score (nSPS) is 11.4. The van der Waals surface area contributed by atoms with Crippen molar-refractivity contribution < 1.29 is 4.42 Å². The fraction of sp³-hybridized carbons (Fsp3) is 0.357. The second-order valence-electron chi connectivity index (χ2n) is 8.45. The lowest BCUT2D eigenvalue weighted by Gasteiger charge is -2.05. The van der Waals surface area contributed by atoms with Crippen LogP contribution < -0.4 is 0 Å². The summed E-state index contributed by atoms with van der Waals surface area (Å²) in [7, 11) is 0. The molecule has 0 spiro atoms. The molecule has 0 saturated carbocycles. The van der Waals surface area contributed by atoms with Gasteiger partial charge in [0.05, 0.1) is 39.9 Å². The number of hydrogen-bond donors (Lipinski definition) is 1. The Morgan fingerprint density at radius 2 is 1.62 bits per heavy atom. The fourth-order valence-electron chi connectivity index (χ4n) is 3.19. The second kappa shape index (κ2) is 13.5. The molecule has 1 atom stereocenters. The van der Waals surface area contributed by atoms with Crippen molar-refractivity contribution >= 4 is 43.7 Å². The van der Waals surface area contributed by atoms with Crippen molar-refractivity contribution in [3.8, 4) is 0 Å². The number of H-pyrrole nitrogens is 1. The first-order chi connectivity index (χ1) is 17.9. The molecule has 6 aromatic heterocycles. The van der Waals surface area contributed by atoms with Crippen LogP contribution in [0.25, 0.3) is 32.3 Å². The second-order valence-corrected chi connectivity index (χ2v) is 9.40. The Morgan fingerprint density at radius 1 is 0.865 bits per heavy atom. The smallest absolute Gasteiger partial charge is 0.170 e. The number of furan rings is 1. The van der Waals surface area contributed by atoms with E-state index < -0.39 is 0 Å². The Hall–Kier alpha value is -3.72. The molecule has 1 N–H and O–H groups in total. The highest BCUT2D eigenvalue weighted by atomic mass is 32.1. The SMILES string of the molecule is CC.CC(C)c1ncc2[nH]ccc2n1.CCC(C)c1ncc2sccc2n1.Cc1ncc2occc2n1. The van der Waals surface area contributed by atoms with E-state index in [2.05, 4.69) is 68.0 Å². The standard InChI is InChI=1S/C10H12N2S.C9H11N3.C7H6N2O.C2H6/c1-3-7(2)10-11-6-9-8(12-10)4-5-13-9;1-6(2)9-11-5-8-7(12-9)3-4-10-8;1-5-8-4-7-6(9-5)2-3-10-7;1-2/h4-7H,3H2,1-2H3;3-6,10H,1-2H3;2-4H,1H3;1-2H3. The van der Waals surface area contributed by atoms with Gasteiger partial charge in [-0.05, 0) is 30.9 Å². The van der Waals surface area contributed by atoms with Gasteiger partial charge in [-0.2, -0.15) is 0 Å². The Kier molecular flexibility index (Phi) is 10.2. The first kappa shape index (κ1) is 27.9. The predicted molar refractivity (Wildman–Crippen MR) is 152 cm³/mol. The summed E-state index contributed by atoms with van der Waals surface area (Å²) in [4.78, 5) is 28.6. The predicted octanol–water partition coefficient (Wildman–Crippen LogP) is 7.84. The lowest BCUT2D eigenvalue weighted by atomic mass is 10.1. The number of rotatable bonds is 3. The van der Waals surface area contributed by atoms with Crippen molar-refractivity contribution in [2.45, 2.75) is 66.7 Å². The lowest BCUT2D eigenvalue weighted by Crippen LogP contribution is -1.98. The summed E-state index contributed by atoms with van der Waals surface area (Å²) in [5.41, 5.74) is 4.68. The van der Waals surface area contributed by atoms with Crippen molar-refractivity contribution in [2.75, 3.05) is 0 Å². The van der Waals surface area contributed by atoms with Gasteiger partial charge in [0, 0.05) is 30.3 Å². The number of aryl methyl sites for hydroxylation is 1. The molecule has 8 nitrogen and oxygen atoms in total. The van der Waals surface area contributed by atoms with Gasteiger partial charge in [0.2, 0.25) is 0 Å². The molecule has 0 radical (unpaired) electrons. The number of hydrogen-bond acceptors (Lipinski definition) is 8. The molecule has 1 unspecified atom stereocenters. The first-order valence-electron chi connectivity index (χ1n) is 12.6. The van der Waals surface area contributed by atoms with Gasteiger partial charge in [-0.3, -0.25) is 0 Å². The van der Waals surface area contributed by atoms with Crippen LogP contribution in [-0.2, 0) is 0 Å². The molecule has 0 bridgehead atoms. The summed E-state index contributed by atoms with van der Waals surface area (Å²) in [6.45, 7) is 14.4. The van der Waals surface area contributed by atoms with Crippen molar-refractivity contribution in [2.24, 2.45) is 0 Å². The third kappa shape index (κ3) is 7.39. The molecule has 37 heavy (non-hydrogen) atoms. The molecular weight excluding hydrogens is 482 g/mol. The molecule has 0 fully saturated rings. The van der Waals surface area contributed by atoms with E-state index in [0.29, 0.717) is 11.8 Å². The third-order valence-corrected chi connectivity index (χ3v) is 6.27. The molecule has 6 aromatic rings. The van der Waals surface area contributed by atoms with Crippen LogP contribution in [0.3, 0.4) is 0 Å². The Labute approximate surface area is 221 Å². The van der Waals surface area contributed by atoms with E-state index in [9.17, 15) is 0 Å². The monoisotopic (exact) mass is 517 g/mol. The topological polar surface area (TPSA) is 106 Å². The Balaban J connectivity index is 0.000000150. The number of nitrogens with one attached hydrogen (secondary N) is 1. The number of aromatic amines is 1. The highest BCUT2D eigenvalue weighted by molar-refractivity contribution is 7.17. The minimum atomic E-state index is 0.393. The van der Waals surface area contributed by atoms with E-state index in [1.807, 2.05) is 57.6 Å². The van der Waals surface area contributed by atoms with Crippen molar-refractivity contribution in [1.29, 1.82) is 0 Å². The highest BCUT2D eigenvalue weighted by Gasteiger charge is 2.07. The zero-order valence-electron chi connectivity index (χ0n) is 22.6. The van der Waals surface area contributed by atoms with E-state index >= 15 is 0 Å². The van der Waals surface area contributed by atoms with Gasteiger partial charge < -0.3 is 9.40 Å². The van der Waals surface area contributed by atoms with Gasteiger partial charge in [-0.1, -0.05) is 41.5 Å². The van der Waals surface area contributed by atoms with E-state index in [0.717, 1.165) is 51.5 Å². The quantitative estimate of drug-likeness (QED) is 0.255. The van der Waals surface area contributed by atoms with E-state index in [1.165, 1.54) is 4.70 Å². The molecule has 0 saturated heterocycles. The molecule has 0 amide bonds. The van der Waals surface area contributed by atoms with Crippen LogP contribution in [0.4, 0.5) is 0 Å². The van der Waals surface area contributed by atoms with E-state index in [-0.39, 0.29) is 0 Å². The van der Waals surface area contributed by atoms with Crippen molar-refractivity contribution in [1.82, 2.24) is 34.9 Å². The van der Waals surface area contributed by atoms with Crippen LogP contribution in [0.5, 0.6) is 0 Å². The summed E-state index contributed by atoms with van der Waals surface area (Å²) in [6.07, 6.45) is 10.0. The van der Waals surface area contributed by atoms with Crippen LogP contribution in [0.15, 0.2) is 59.0 Å². The van der Waals surface area contributed by atoms with Crippen molar-refractivity contribution in [3.05, 3.63) is 72.1 Å². The van der Waals surface area contributed by atoms with Crippen LogP contribution in [0, 0.1) is 6.92 Å². The van der Waals surface area contributed by atoms with Crippen LogP contribution in [0.1, 0.15) is 77.3 Å². The van der Waals surface area contributed by atoms with E-state index in [1.54, 1.807) is 23.8 Å². The van der Waals surface area contributed by atoms with Gasteiger partial charge in [0.1, 0.15) is 23.0 Å². The summed E-state index contributed by atoms with van der Waals surface area (Å²) in [6, 6.07) is 5.83. The largest absolute Gasteiger partial charge is 0.461 e. The minimum Gasteiger partial charge on any atom is -0.461 e. The number of fused-ring (bicyclic) bond motifs is 3. The van der Waals surface area contributed by atoms with Crippen molar-refractivity contribution in [3.63, 3.8) is 0 Å².